The van der Waals surface area contributed by atoms with Gasteiger partial charge in [-0.1, -0.05) is 35.9 Å². The Morgan fingerprint density at radius 1 is 0.964 bits per heavy atom. The van der Waals surface area contributed by atoms with Gasteiger partial charge in [0.2, 0.25) is 5.82 Å². The molecule has 2 aromatic heterocycles. The molecule has 0 saturated carbocycles. The monoisotopic (exact) mass is 369 g/mol. The Kier molecular flexibility index (Phi) is 3.83. The fourth-order valence-corrected chi connectivity index (χ4v) is 3.85. The first kappa shape index (κ1) is 16.5. The van der Waals surface area contributed by atoms with Crippen molar-refractivity contribution in [3.8, 4) is 17.1 Å². The number of aryl methyl sites for hydroxylation is 1. The van der Waals surface area contributed by atoms with Crippen LogP contribution in [0.15, 0.2) is 60.7 Å². The van der Waals surface area contributed by atoms with Crippen LogP contribution < -0.4 is 4.74 Å². The lowest BCUT2D eigenvalue weighted by Gasteiger charge is -2.12. The van der Waals surface area contributed by atoms with Crippen LogP contribution in [0.4, 0.5) is 0 Å². The number of rotatable bonds is 4. The first-order chi connectivity index (χ1) is 13.7. The van der Waals surface area contributed by atoms with Gasteiger partial charge < -0.3 is 9.30 Å². The number of fused-ring (bicyclic) bond motifs is 3. The number of ether oxygens (including phenoxy) is 1. The summed E-state index contributed by atoms with van der Waals surface area (Å²) in [5.74, 6) is 1.50. The van der Waals surface area contributed by atoms with Gasteiger partial charge in [0.05, 0.1) is 13.7 Å². The smallest absolute Gasteiger partial charge is 0.204 e. The van der Waals surface area contributed by atoms with E-state index in [0.29, 0.717) is 5.82 Å². The molecule has 0 unspecified atom stereocenters. The molecule has 2 heterocycles. The zero-order chi connectivity index (χ0) is 19.1. The summed E-state index contributed by atoms with van der Waals surface area (Å²) in [6, 6.07) is 21.1. The van der Waals surface area contributed by atoms with Crippen LogP contribution in [-0.4, -0.2) is 32.3 Å². The summed E-state index contributed by atoms with van der Waals surface area (Å²) in [5.41, 5.74) is 5.67. The van der Waals surface area contributed by atoms with Gasteiger partial charge in [-0.05, 0) is 42.5 Å². The molecule has 0 fully saturated rings. The third-order valence-corrected chi connectivity index (χ3v) is 5.14. The Hall–Kier alpha value is -3.67. The van der Waals surface area contributed by atoms with E-state index in [1.807, 2.05) is 12.1 Å². The van der Waals surface area contributed by atoms with E-state index < -0.39 is 0 Å². The molecule has 6 nitrogen and oxygen atoms in total. The molecule has 0 atom stereocenters. The molecular weight excluding hydrogens is 350 g/mol. The van der Waals surface area contributed by atoms with E-state index in [-0.39, 0.29) is 0 Å². The van der Waals surface area contributed by atoms with Gasteiger partial charge in [0.15, 0.2) is 0 Å². The van der Waals surface area contributed by atoms with E-state index in [0.717, 1.165) is 28.9 Å². The third-order valence-electron chi connectivity index (χ3n) is 5.14. The number of nitrogens with zero attached hydrogens (tertiary/aromatic N) is 4. The van der Waals surface area contributed by atoms with Crippen molar-refractivity contribution in [1.29, 1.82) is 0 Å². The number of nitrogens with one attached hydrogen (secondary N) is 1. The molecule has 0 amide bonds. The fourth-order valence-electron chi connectivity index (χ4n) is 3.85. The number of benzene rings is 3. The Morgan fingerprint density at radius 2 is 1.82 bits per heavy atom. The SMILES string of the molecule is COc1ccc(C)cc1Cn1c2ccccc2c2cc(-c3nn[nH]n3)ccc21. The number of aromatic amines is 1. The van der Waals surface area contributed by atoms with Crippen LogP contribution in [-0.2, 0) is 6.54 Å². The van der Waals surface area contributed by atoms with Crippen molar-refractivity contribution >= 4 is 21.8 Å². The van der Waals surface area contributed by atoms with Crippen molar-refractivity contribution in [2.24, 2.45) is 0 Å². The Balaban J connectivity index is 1.73. The van der Waals surface area contributed by atoms with Crippen molar-refractivity contribution in [1.82, 2.24) is 25.2 Å². The number of aromatic nitrogens is 5. The summed E-state index contributed by atoms with van der Waals surface area (Å²) in [7, 11) is 1.72. The molecule has 0 aliphatic rings. The summed E-state index contributed by atoms with van der Waals surface area (Å²) in [6.07, 6.45) is 0. The van der Waals surface area contributed by atoms with Crippen LogP contribution >= 0.6 is 0 Å². The Labute approximate surface area is 161 Å². The van der Waals surface area contributed by atoms with Gasteiger partial charge in [-0.2, -0.15) is 5.21 Å². The number of methoxy groups -OCH3 is 1. The van der Waals surface area contributed by atoms with Gasteiger partial charge in [-0.15, -0.1) is 10.2 Å². The average molecular weight is 369 g/mol. The van der Waals surface area contributed by atoms with Gasteiger partial charge >= 0.3 is 0 Å². The largest absolute Gasteiger partial charge is 0.496 e. The maximum atomic E-state index is 5.60. The predicted molar refractivity (Wildman–Crippen MR) is 109 cm³/mol. The Bertz CT molecular complexity index is 1290. The molecule has 5 rings (SSSR count). The lowest BCUT2D eigenvalue weighted by atomic mass is 10.1. The molecule has 0 spiro atoms. The summed E-state index contributed by atoms with van der Waals surface area (Å²) in [4.78, 5) is 0. The molecule has 0 aliphatic carbocycles. The van der Waals surface area contributed by atoms with Crippen LogP contribution in [0.3, 0.4) is 0 Å². The second kappa shape index (κ2) is 6.49. The quantitative estimate of drug-likeness (QED) is 0.512. The van der Waals surface area contributed by atoms with Crippen molar-refractivity contribution in [3.63, 3.8) is 0 Å². The summed E-state index contributed by atoms with van der Waals surface area (Å²) in [6.45, 7) is 2.84. The highest BCUT2D eigenvalue weighted by Gasteiger charge is 2.14. The van der Waals surface area contributed by atoms with E-state index in [9.17, 15) is 0 Å². The average Bonchev–Trinajstić information content (AvgIpc) is 3.36. The lowest BCUT2D eigenvalue weighted by molar-refractivity contribution is 0.408. The Morgan fingerprint density at radius 3 is 2.64 bits per heavy atom. The van der Waals surface area contributed by atoms with E-state index in [1.54, 1.807) is 7.11 Å². The van der Waals surface area contributed by atoms with Gasteiger partial charge in [0.25, 0.3) is 0 Å². The van der Waals surface area contributed by atoms with Crippen molar-refractivity contribution in [2.75, 3.05) is 7.11 Å². The van der Waals surface area contributed by atoms with Crippen molar-refractivity contribution < 1.29 is 4.74 Å². The summed E-state index contributed by atoms with van der Waals surface area (Å²) < 4.78 is 7.94. The zero-order valence-electron chi connectivity index (χ0n) is 15.7. The number of tetrazole rings is 1. The molecule has 0 radical (unpaired) electrons. The highest BCUT2D eigenvalue weighted by Crippen LogP contribution is 2.33. The number of hydrogen-bond acceptors (Lipinski definition) is 4. The topological polar surface area (TPSA) is 68.6 Å². The minimum absolute atomic E-state index is 0.596. The minimum atomic E-state index is 0.596. The molecule has 0 saturated heterocycles. The van der Waals surface area contributed by atoms with E-state index >= 15 is 0 Å². The molecule has 0 aliphatic heterocycles. The first-order valence-corrected chi connectivity index (χ1v) is 9.13. The predicted octanol–water partition coefficient (Wildman–Crippen LogP) is 4.34. The number of H-pyrrole nitrogens is 1. The molecule has 138 valence electrons. The van der Waals surface area contributed by atoms with E-state index in [1.165, 1.54) is 21.9 Å². The maximum absolute atomic E-state index is 5.60. The fraction of sp³-hybridized carbons (Fsp3) is 0.136. The van der Waals surface area contributed by atoms with Crippen LogP contribution in [0.1, 0.15) is 11.1 Å². The van der Waals surface area contributed by atoms with Gasteiger partial charge in [0, 0.05) is 32.9 Å². The molecule has 6 heteroatoms. The minimum Gasteiger partial charge on any atom is -0.496 e. The number of para-hydroxylation sites is 1. The molecule has 0 bridgehead atoms. The molecule has 5 aromatic rings. The van der Waals surface area contributed by atoms with Crippen LogP contribution in [0.5, 0.6) is 5.75 Å². The van der Waals surface area contributed by atoms with Gasteiger partial charge in [-0.3, -0.25) is 0 Å². The molecule has 3 aromatic carbocycles. The normalized spacial score (nSPS) is 11.4. The standard InChI is InChI=1S/C22H19N5O/c1-14-7-10-21(28-2)16(11-14)13-27-19-6-4-3-5-17(19)18-12-15(8-9-20(18)27)22-23-25-26-24-22/h3-12H,13H2,1-2H3,(H,23,24,25,26). The highest BCUT2D eigenvalue weighted by molar-refractivity contribution is 6.09. The lowest BCUT2D eigenvalue weighted by Crippen LogP contribution is -2.02. The summed E-state index contributed by atoms with van der Waals surface area (Å²) in [5, 5.41) is 16.8. The molecular formula is C22H19N5O. The van der Waals surface area contributed by atoms with Gasteiger partial charge in [0.1, 0.15) is 5.75 Å². The summed E-state index contributed by atoms with van der Waals surface area (Å²) >= 11 is 0. The highest BCUT2D eigenvalue weighted by atomic mass is 16.5. The van der Waals surface area contributed by atoms with E-state index in [2.05, 4.69) is 80.6 Å². The van der Waals surface area contributed by atoms with Crippen LogP contribution in [0, 0.1) is 6.92 Å². The van der Waals surface area contributed by atoms with Crippen molar-refractivity contribution in [2.45, 2.75) is 13.5 Å². The third kappa shape index (κ3) is 2.62. The number of hydrogen-bond donors (Lipinski definition) is 1. The first-order valence-electron chi connectivity index (χ1n) is 9.13. The molecule has 28 heavy (non-hydrogen) atoms. The second-order valence-corrected chi connectivity index (χ2v) is 6.89. The van der Waals surface area contributed by atoms with Crippen molar-refractivity contribution in [3.05, 3.63) is 71.8 Å². The molecule has 1 N–H and O–H groups in total. The van der Waals surface area contributed by atoms with E-state index in [4.69, 9.17) is 4.74 Å². The van der Waals surface area contributed by atoms with Crippen LogP contribution in [0.25, 0.3) is 33.2 Å². The maximum Gasteiger partial charge on any atom is 0.204 e. The second-order valence-electron chi connectivity index (χ2n) is 6.89. The van der Waals surface area contributed by atoms with Crippen LogP contribution in [0.2, 0.25) is 0 Å². The zero-order valence-corrected chi connectivity index (χ0v) is 15.7. The van der Waals surface area contributed by atoms with Gasteiger partial charge in [-0.25, -0.2) is 0 Å².